The minimum absolute atomic E-state index is 0. The second kappa shape index (κ2) is 11.8. The summed E-state index contributed by atoms with van der Waals surface area (Å²) in [7, 11) is 0. The first-order chi connectivity index (χ1) is 19.7. The maximum absolute atomic E-state index is 5.76. The van der Waals surface area contributed by atoms with Gasteiger partial charge in [0.05, 0.1) is 0 Å². The molecule has 4 aromatic rings. The summed E-state index contributed by atoms with van der Waals surface area (Å²) >= 11 is -4.98. The quantitative estimate of drug-likeness (QED) is 0.159. The Morgan fingerprint density at radius 3 is 1.77 bits per heavy atom. The van der Waals surface area contributed by atoms with Crippen molar-refractivity contribution in [2.45, 2.75) is 79.1 Å². The first-order valence-corrected chi connectivity index (χ1v) is 25.3. The summed E-state index contributed by atoms with van der Waals surface area (Å²) in [6.45, 7) is 18.6. The van der Waals surface area contributed by atoms with Crippen molar-refractivity contribution in [2.24, 2.45) is 0 Å². The summed E-state index contributed by atoms with van der Waals surface area (Å²) in [6, 6.07) is 31.0. The molecule has 2 aliphatic carbocycles. The Labute approximate surface area is 279 Å². The van der Waals surface area contributed by atoms with Crippen LogP contribution in [0.3, 0.4) is 0 Å². The van der Waals surface area contributed by atoms with Crippen LogP contribution in [0.4, 0.5) is 0 Å². The summed E-state index contributed by atoms with van der Waals surface area (Å²) in [5.41, 5.74) is 11.4. The second-order valence-corrected chi connectivity index (χ2v) is 33.8. The number of aryl methyl sites for hydroxylation is 2. The summed E-state index contributed by atoms with van der Waals surface area (Å²) < 4.78 is 11.8. The van der Waals surface area contributed by atoms with Crippen molar-refractivity contribution in [3.05, 3.63) is 134 Å². The predicted molar refractivity (Wildman–Crippen MR) is 197 cm³/mol. The van der Waals surface area contributed by atoms with Crippen molar-refractivity contribution in [3.63, 3.8) is 0 Å². The number of benzene rings is 4. The van der Waals surface area contributed by atoms with Crippen molar-refractivity contribution < 1.29 is 18.0 Å². The van der Waals surface area contributed by atoms with Crippen molar-refractivity contribution in [1.29, 1.82) is 0 Å². The number of halogens is 2. The van der Waals surface area contributed by atoms with Gasteiger partial charge in [0.2, 0.25) is 0 Å². The van der Waals surface area contributed by atoms with E-state index in [0.717, 1.165) is 12.8 Å². The fourth-order valence-corrected chi connectivity index (χ4v) is 32.9. The molecule has 2 aliphatic rings. The molecule has 0 aliphatic heterocycles. The Hall–Kier alpha value is -2.32. The number of hydrogen-bond acceptors (Lipinski definition) is 0. The molecule has 0 saturated carbocycles. The summed E-state index contributed by atoms with van der Waals surface area (Å²) in [5.74, 6) is 0. The van der Waals surface area contributed by atoms with Crippen LogP contribution in [0.15, 0.2) is 100 Å². The average Bonchev–Trinajstić information content (AvgIpc) is 3.60. The van der Waals surface area contributed by atoms with Gasteiger partial charge in [-0.3, -0.25) is 0 Å². The van der Waals surface area contributed by atoms with E-state index in [2.05, 4.69) is 152 Å². The molecule has 0 atom stereocenters. The third kappa shape index (κ3) is 5.22. The summed E-state index contributed by atoms with van der Waals surface area (Å²) in [5, 5.41) is 0. The van der Waals surface area contributed by atoms with Gasteiger partial charge in [0.15, 0.2) is 0 Å². The zero-order chi connectivity index (χ0) is 30.1. The van der Waals surface area contributed by atoms with Crippen molar-refractivity contribution in [3.8, 4) is 11.1 Å². The zero-order valence-corrected chi connectivity index (χ0v) is 32.9. The second-order valence-electron chi connectivity index (χ2n) is 15.1. The van der Waals surface area contributed by atoms with Gasteiger partial charge >= 0.3 is 256 Å². The van der Waals surface area contributed by atoms with E-state index >= 15 is 0 Å². The first-order valence-electron chi connectivity index (χ1n) is 15.6. The first kappa shape index (κ1) is 34.6. The molecular formula is C41H48Cl2Hf. The molecule has 4 aromatic carbocycles. The molecule has 0 spiro atoms. The van der Waals surface area contributed by atoms with E-state index < -0.39 is 18.0 Å². The van der Waals surface area contributed by atoms with Gasteiger partial charge in [-0.25, -0.2) is 0 Å². The van der Waals surface area contributed by atoms with Crippen LogP contribution in [0.5, 0.6) is 0 Å². The number of allylic oxidation sites excluding steroid dienone is 4. The van der Waals surface area contributed by atoms with Crippen LogP contribution in [0.1, 0.15) is 81.3 Å². The molecule has 0 fully saturated rings. The predicted octanol–water partition coefficient (Wildman–Crippen LogP) is 9.55. The molecule has 0 radical (unpaired) electrons. The molecule has 0 bridgehead atoms. The van der Waals surface area contributed by atoms with Gasteiger partial charge in [0.1, 0.15) is 0 Å². The van der Waals surface area contributed by atoms with Crippen molar-refractivity contribution >= 4 is 39.0 Å². The number of hydrogen-bond donors (Lipinski definition) is 0. The van der Waals surface area contributed by atoms with Crippen LogP contribution in [-0.4, -0.2) is 4.26 Å². The molecule has 0 saturated heterocycles. The van der Waals surface area contributed by atoms with Gasteiger partial charge in [-0.2, -0.15) is 0 Å². The average molecular weight is 790 g/mol. The van der Waals surface area contributed by atoms with Gasteiger partial charge < -0.3 is 0 Å². The molecule has 44 heavy (non-hydrogen) atoms. The van der Waals surface area contributed by atoms with E-state index in [-0.39, 0.29) is 35.6 Å². The maximum atomic E-state index is 5.76. The van der Waals surface area contributed by atoms with Crippen LogP contribution < -0.4 is 9.96 Å². The topological polar surface area (TPSA) is 0 Å². The van der Waals surface area contributed by atoms with Crippen LogP contribution >= 0.6 is 24.8 Å². The molecule has 3 heteroatoms. The Morgan fingerprint density at radius 2 is 1.27 bits per heavy atom. The molecule has 0 heterocycles. The van der Waals surface area contributed by atoms with E-state index in [1.807, 2.05) is 0 Å². The van der Waals surface area contributed by atoms with Crippen LogP contribution in [-0.2, 0) is 35.3 Å². The van der Waals surface area contributed by atoms with E-state index in [0.29, 0.717) is 0 Å². The number of rotatable bonds is 4. The Balaban J connectivity index is 0.00000221. The fourth-order valence-electron chi connectivity index (χ4n) is 7.82. The van der Waals surface area contributed by atoms with Crippen LogP contribution in [0, 0.1) is 13.8 Å². The van der Waals surface area contributed by atoms with Gasteiger partial charge in [-0.05, 0) is 0 Å². The van der Waals surface area contributed by atoms with Crippen LogP contribution in [0.25, 0.3) is 11.1 Å². The SMILES string of the molecule is Cl.Cl.[CH2]=[Hf]([C]1=CC=CC1)([c]1cccc(C)c1)([c]1cccc(C)c1)[c]1c(C(C)(C)C)ccc2c1Cc1cc(C(C)(C)C)ccc1-2. The molecule has 0 unspecified atom stereocenters. The standard InChI is InChI=1S/C21H25.2C7H7.C5H5.CH2.2ClH.Hf/c1-20(2,3)16-7-9-18-14(12-16)11-15-13-17(21(4,5)6)8-10-19(15)18;2*1-7-5-3-2-4-6-7;1-2-4-5-3-1;;;;/h7-10,12H,11H2,1-6H3;2*2-3,5-6H,1H3;1-3H,4H2;1H2;2*1H;. The van der Waals surface area contributed by atoms with Gasteiger partial charge in [0, 0.05) is 0 Å². The molecule has 0 nitrogen and oxygen atoms in total. The third-order valence-electron chi connectivity index (χ3n) is 10.1. The Morgan fingerprint density at radius 1 is 0.682 bits per heavy atom. The fraction of sp³-hybridized carbons (Fsp3) is 0.293. The Bertz CT molecular complexity index is 1820. The van der Waals surface area contributed by atoms with E-state index in [9.17, 15) is 0 Å². The van der Waals surface area contributed by atoms with Gasteiger partial charge in [-0.1, -0.05) is 0 Å². The monoisotopic (exact) mass is 790 g/mol. The molecule has 0 amide bonds. The van der Waals surface area contributed by atoms with Crippen molar-refractivity contribution in [1.82, 2.24) is 0 Å². The summed E-state index contributed by atoms with van der Waals surface area (Å²) in [4.78, 5) is 0. The molecule has 0 aromatic heterocycles. The normalized spacial score (nSPS) is 14.3. The van der Waals surface area contributed by atoms with Gasteiger partial charge in [0.25, 0.3) is 0 Å². The summed E-state index contributed by atoms with van der Waals surface area (Å²) in [6.07, 6.45) is 9.01. The Kier molecular flexibility index (Phi) is 9.26. The number of fused-ring (bicyclic) bond motifs is 3. The van der Waals surface area contributed by atoms with Gasteiger partial charge in [-0.15, -0.1) is 24.8 Å². The van der Waals surface area contributed by atoms with E-state index in [4.69, 9.17) is 4.26 Å². The third-order valence-corrected chi connectivity index (χ3v) is 33.9. The molecule has 0 N–H and O–H groups in total. The van der Waals surface area contributed by atoms with E-state index in [1.54, 1.807) is 6.65 Å². The molecule has 230 valence electrons. The van der Waals surface area contributed by atoms with Crippen molar-refractivity contribution in [2.75, 3.05) is 0 Å². The van der Waals surface area contributed by atoms with Crippen LogP contribution in [0.2, 0.25) is 0 Å². The minimum atomic E-state index is -4.98. The van der Waals surface area contributed by atoms with E-state index in [1.165, 1.54) is 51.1 Å². The zero-order valence-electron chi connectivity index (χ0n) is 27.7. The molecule has 6 rings (SSSR count). The molecular weight excluding hydrogens is 742 g/mol.